The minimum absolute atomic E-state index is 0.127. The average molecular weight is 324 g/mol. The molecule has 1 unspecified atom stereocenters. The molecule has 1 N–H and O–H groups in total. The Bertz CT molecular complexity index is 773. The van der Waals surface area contributed by atoms with Crippen molar-refractivity contribution in [1.29, 1.82) is 0 Å². The number of amides is 2. The summed E-state index contributed by atoms with van der Waals surface area (Å²) in [5, 5.41) is 2.74. The van der Waals surface area contributed by atoms with Crippen LogP contribution in [0.5, 0.6) is 5.75 Å². The van der Waals surface area contributed by atoms with Crippen LogP contribution >= 0.6 is 0 Å². The minimum Gasteiger partial charge on any atom is -0.494 e. The van der Waals surface area contributed by atoms with E-state index in [-0.39, 0.29) is 11.8 Å². The molecule has 2 aromatic carbocycles. The largest absolute Gasteiger partial charge is 0.494 e. The molecule has 3 rings (SSSR count). The van der Waals surface area contributed by atoms with Gasteiger partial charge in [-0.15, -0.1) is 0 Å². The van der Waals surface area contributed by atoms with Gasteiger partial charge in [0.2, 0.25) is 5.91 Å². The number of nitrogens with one attached hydrogen (secondary N) is 1. The maximum atomic E-state index is 12.8. The average Bonchev–Trinajstić information content (AvgIpc) is 2.82. The Morgan fingerprint density at radius 3 is 2.62 bits per heavy atom. The molecule has 2 aromatic rings. The molecule has 0 saturated carbocycles. The molecule has 0 fully saturated rings. The van der Waals surface area contributed by atoms with Crippen molar-refractivity contribution in [3.05, 3.63) is 59.7 Å². The number of carbonyl (C=O) groups excluding carboxylic acids is 2. The summed E-state index contributed by atoms with van der Waals surface area (Å²) in [7, 11) is 0. The van der Waals surface area contributed by atoms with Crippen LogP contribution in [0.4, 0.5) is 5.69 Å². The highest BCUT2D eigenvalue weighted by Crippen LogP contribution is 2.37. The molecular formula is C19H20N2O3. The van der Waals surface area contributed by atoms with Crippen molar-refractivity contribution >= 4 is 17.5 Å². The highest BCUT2D eigenvalue weighted by Gasteiger charge is 2.37. The number of fused-ring (bicyclic) bond motifs is 1. The number of rotatable bonds is 5. The molecule has 24 heavy (non-hydrogen) atoms. The first kappa shape index (κ1) is 16.1. The van der Waals surface area contributed by atoms with Crippen LogP contribution in [0.15, 0.2) is 48.5 Å². The molecule has 0 spiro atoms. The van der Waals surface area contributed by atoms with Crippen molar-refractivity contribution in [2.75, 3.05) is 11.5 Å². The lowest BCUT2D eigenvalue weighted by molar-refractivity contribution is -0.126. The SMILES string of the molecule is CCOc1ccccc1CN1C(=O)C(NC(C)=O)c2ccccc21. The molecule has 0 radical (unpaired) electrons. The van der Waals surface area contributed by atoms with E-state index in [1.54, 1.807) is 4.90 Å². The van der Waals surface area contributed by atoms with Crippen LogP contribution in [0.25, 0.3) is 0 Å². The van der Waals surface area contributed by atoms with E-state index in [4.69, 9.17) is 4.74 Å². The van der Waals surface area contributed by atoms with Gasteiger partial charge in [0.15, 0.2) is 0 Å². The second kappa shape index (κ2) is 6.74. The Hall–Kier alpha value is -2.82. The third-order valence-corrected chi connectivity index (χ3v) is 4.00. The summed E-state index contributed by atoms with van der Waals surface area (Å²) in [5.74, 6) is 0.422. The lowest BCUT2D eigenvalue weighted by Crippen LogP contribution is -2.36. The third-order valence-electron chi connectivity index (χ3n) is 4.00. The van der Waals surface area contributed by atoms with Crippen LogP contribution in [0, 0.1) is 0 Å². The molecule has 5 heteroatoms. The highest BCUT2D eigenvalue weighted by atomic mass is 16.5. The summed E-state index contributed by atoms with van der Waals surface area (Å²) in [4.78, 5) is 26.0. The van der Waals surface area contributed by atoms with Crippen molar-refractivity contribution in [3.8, 4) is 5.75 Å². The number of benzene rings is 2. The number of para-hydroxylation sites is 2. The maximum absolute atomic E-state index is 12.8. The standard InChI is InChI=1S/C19H20N2O3/c1-3-24-17-11-7-4-8-14(17)12-21-16-10-6-5-9-15(16)18(19(21)23)20-13(2)22/h4-11,18H,3,12H2,1-2H3,(H,20,22). The zero-order valence-corrected chi connectivity index (χ0v) is 13.8. The topological polar surface area (TPSA) is 58.6 Å². The fourth-order valence-electron chi connectivity index (χ4n) is 2.99. The van der Waals surface area contributed by atoms with E-state index in [1.165, 1.54) is 6.92 Å². The van der Waals surface area contributed by atoms with E-state index in [9.17, 15) is 9.59 Å². The smallest absolute Gasteiger partial charge is 0.254 e. The van der Waals surface area contributed by atoms with Crippen molar-refractivity contribution in [3.63, 3.8) is 0 Å². The molecule has 1 heterocycles. The predicted octanol–water partition coefficient (Wildman–Crippen LogP) is 2.81. The summed E-state index contributed by atoms with van der Waals surface area (Å²) in [5.41, 5.74) is 2.59. The maximum Gasteiger partial charge on any atom is 0.254 e. The Morgan fingerprint density at radius 2 is 1.88 bits per heavy atom. The summed E-state index contributed by atoms with van der Waals surface area (Å²) >= 11 is 0. The van der Waals surface area contributed by atoms with Gasteiger partial charge in [0.25, 0.3) is 5.91 Å². The van der Waals surface area contributed by atoms with Crippen molar-refractivity contribution < 1.29 is 14.3 Å². The Morgan fingerprint density at radius 1 is 1.17 bits per heavy atom. The molecule has 1 atom stereocenters. The molecule has 0 saturated heterocycles. The van der Waals surface area contributed by atoms with Gasteiger partial charge < -0.3 is 15.0 Å². The monoisotopic (exact) mass is 324 g/mol. The first-order valence-corrected chi connectivity index (χ1v) is 8.00. The van der Waals surface area contributed by atoms with Crippen molar-refractivity contribution in [2.24, 2.45) is 0 Å². The van der Waals surface area contributed by atoms with Gasteiger partial charge in [-0.25, -0.2) is 0 Å². The summed E-state index contributed by atoms with van der Waals surface area (Å²) in [6.45, 7) is 4.32. The van der Waals surface area contributed by atoms with Gasteiger partial charge in [0.05, 0.1) is 13.2 Å². The predicted molar refractivity (Wildman–Crippen MR) is 91.8 cm³/mol. The van der Waals surface area contributed by atoms with Gasteiger partial charge in [0, 0.05) is 23.7 Å². The molecule has 5 nitrogen and oxygen atoms in total. The fraction of sp³-hybridized carbons (Fsp3) is 0.263. The molecule has 0 aliphatic carbocycles. The Labute approximate surface area is 141 Å². The first-order chi connectivity index (χ1) is 11.6. The Kier molecular flexibility index (Phi) is 4.51. The van der Waals surface area contributed by atoms with Crippen LogP contribution in [0.1, 0.15) is 31.0 Å². The molecule has 0 bridgehead atoms. The lowest BCUT2D eigenvalue weighted by Gasteiger charge is -2.20. The number of nitrogens with zero attached hydrogens (tertiary/aromatic N) is 1. The van der Waals surface area contributed by atoms with Gasteiger partial charge in [-0.3, -0.25) is 9.59 Å². The summed E-state index contributed by atoms with van der Waals surface area (Å²) in [6.07, 6.45) is 0. The zero-order valence-electron chi connectivity index (χ0n) is 13.8. The van der Waals surface area contributed by atoms with Crippen LogP contribution in [0.3, 0.4) is 0 Å². The highest BCUT2D eigenvalue weighted by molar-refractivity contribution is 6.06. The number of hydrogen-bond donors (Lipinski definition) is 1. The second-order valence-electron chi connectivity index (χ2n) is 5.66. The number of carbonyl (C=O) groups is 2. The quantitative estimate of drug-likeness (QED) is 0.920. The van der Waals surface area contributed by atoms with E-state index in [2.05, 4.69) is 5.32 Å². The molecular weight excluding hydrogens is 304 g/mol. The van der Waals surface area contributed by atoms with E-state index in [0.29, 0.717) is 13.2 Å². The van der Waals surface area contributed by atoms with E-state index < -0.39 is 6.04 Å². The molecule has 0 aromatic heterocycles. The van der Waals surface area contributed by atoms with Gasteiger partial charge in [0.1, 0.15) is 11.8 Å². The van der Waals surface area contributed by atoms with Gasteiger partial charge in [-0.1, -0.05) is 36.4 Å². The van der Waals surface area contributed by atoms with Crippen LogP contribution in [-0.4, -0.2) is 18.4 Å². The lowest BCUT2D eigenvalue weighted by atomic mass is 10.1. The van der Waals surface area contributed by atoms with Gasteiger partial charge in [-0.05, 0) is 19.1 Å². The number of hydrogen-bond acceptors (Lipinski definition) is 3. The Balaban J connectivity index is 1.94. The van der Waals surface area contributed by atoms with Crippen LogP contribution < -0.4 is 15.0 Å². The fourth-order valence-corrected chi connectivity index (χ4v) is 2.99. The summed E-state index contributed by atoms with van der Waals surface area (Å²) in [6, 6.07) is 14.6. The molecule has 2 amide bonds. The third kappa shape index (κ3) is 2.97. The summed E-state index contributed by atoms with van der Waals surface area (Å²) < 4.78 is 5.65. The van der Waals surface area contributed by atoms with Gasteiger partial charge in [-0.2, -0.15) is 0 Å². The molecule has 1 aliphatic heterocycles. The van der Waals surface area contributed by atoms with Crippen molar-refractivity contribution in [2.45, 2.75) is 26.4 Å². The van der Waals surface area contributed by atoms with Gasteiger partial charge >= 0.3 is 0 Å². The van der Waals surface area contributed by atoms with Crippen LogP contribution in [0.2, 0.25) is 0 Å². The van der Waals surface area contributed by atoms with Crippen LogP contribution in [-0.2, 0) is 16.1 Å². The molecule has 124 valence electrons. The van der Waals surface area contributed by atoms with E-state index in [0.717, 1.165) is 22.6 Å². The molecule has 1 aliphatic rings. The number of anilines is 1. The van der Waals surface area contributed by atoms with E-state index in [1.807, 2.05) is 55.5 Å². The first-order valence-electron chi connectivity index (χ1n) is 8.00. The second-order valence-corrected chi connectivity index (χ2v) is 5.66. The normalized spacial score (nSPS) is 16.0. The van der Waals surface area contributed by atoms with E-state index >= 15 is 0 Å². The van der Waals surface area contributed by atoms with Crippen molar-refractivity contribution in [1.82, 2.24) is 5.32 Å². The zero-order chi connectivity index (χ0) is 17.1. The minimum atomic E-state index is -0.627. The number of ether oxygens (including phenoxy) is 1.